The smallest absolute Gasteiger partial charge is 0.0706 e. The fourth-order valence-electron chi connectivity index (χ4n) is 2.53. The van der Waals surface area contributed by atoms with Crippen molar-refractivity contribution in [1.29, 1.82) is 0 Å². The van der Waals surface area contributed by atoms with Crippen molar-refractivity contribution >= 4 is 0 Å². The van der Waals surface area contributed by atoms with Crippen LogP contribution in [0.5, 0.6) is 0 Å². The maximum absolute atomic E-state index is 5.91. The number of ether oxygens (including phenoxy) is 1. The molecule has 0 aromatic rings. The summed E-state index contributed by atoms with van der Waals surface area (Å²) in [6.45, 7) is 12.9. The van der Waals surface area contributed by atoms with E-state index in [-0.39, 0.29) is 5.41 Å². The predicted molar refractivity (Wildman–Crippen MR) is 73.1 cm³/mol. The van der Waals surface area contributed by atoms with Gasteiger partial charge in [0.1, 0.15) is 0 Å². The van der Waals surface area contributed by atoms with Gasteiger partial charge in [0, 0.05) is 13.1 Å². The van der Waals surface area contributed by atoms with Gasteiger partial charge in [-0.05, 0) is 44.7 Å². The predicted octanol–water partition coefficient (Wildman–Crippen LogP) is 2.25. The molecule has 0 aromatic carbocycles. The van der Waals surface area contributed by atoms with Gasteiger partial charge in [0.25, 0.3) is 0 Å². The minimum absolute atomic E-state index is 0.208. The van der Waals surface area contributed by atoms with Crippen LogP contribution < -0.4 is 5.73 Å². The SMILES string of the molecule is CCCN(CC1CCC(C)O1)CC(C)(C)CN. The molecular formula is C14H30N2O. The van der Waals surface area contributed by atoms with Crippen LogP contribution in [0.25, 0.3) is 0 Å². The van der Waals surface area contributed by atoms with Gasteiger partial charge in [-0.3, -0.25) is 0 Å². The fraction of sp³-hybridized carbons (Fsp3) is 1.00. The molecule has 2 atom stereocenters. The number of nitrogens with zero attached hydrogens (tertiary/aromatic N) is 1. The molecule has 2 unspecified atom stereocenters. The summed E-state index contributed by atoms with van der Waals surface area (Å²) >= 11 is 0. The van der Waals surface area contributed by atoms with Gasteiger partial charge >= 0.3 is 0 Å². The number of nitrogens with two attached hydrogens (primary N) is 1. The van der Waals surface area contributed by atoms with Crippen LogP contribution in [0.1, 0.15) is 47.0 Å². The number of hydrogen-bond acceptors (Lipinski definition) is 3. The Morgan fingerprint density at radius 3 is 2.53 bits per heavy atom. The molecule has 1 aliphatic heterocycles. The molecule has 3 nitrogen and oxygen atoms in total. The highest BCUT2D eigenvalue weighted by atomic mass is 16.5. The lowest BCUT2D eigenvalue weighted by atomic mass is 9.93. The second-order valence-corrected chi connectivity index (χ2v) is 6.25. The Morgan fingerprint density at radius 1 is 1.35 bits per heavy atom. The van der Waals surface area contributed by atoms with Crippen LogP contribution in [-0.4, -0.2) is 43.3 Å². The van der Waals surface area contributed by atoms with Crippen molar-refractivity contribution in [2.24, 2.45) is 11.1 Å². The zero-order chi connectivity index (χ0) is 12.9. The molecule has 1 saturated heterocycles. The van der Waals surface area contributed by atoms with E-state index in [1.165, 1.54) is 19.3 Å². The molecule has 0 spiro atoms. The minimum Gasteiger partial charge on any atom is -0.374 e. The summed E-state index contributed by atoms with van der Waals surface area (Å²) in [7, 11) is 0. The van der Waals surface area contributed by atoms with Gasteiger partial charge in [-0.25, -0.2) is 0 Å². The zero-order valence-electron chi connectivity index (χ0n) is 12.0. The first-order valence-corrected chi connectivity index (χ1v) is 7.04. The third-order valence-corrected chi connectivity index (χ3v) is 3.53. The van der Waals surface area contributed by atoms with Crippen LogP contribution in [0.3, 0.4) is 0 Å². The first kappa shape index (κ1) is 14.9. The lowest BCUT2D eigenvalue weighted by Gasteiger charge is -2.33. The summed E-state index contributed by atoms with van der Waals surface area (Å²) in [6, 6.07) is 0. The van der Waals surface area contributed by atoms with Crippen LogP contribution in [0, 0.1) is 5.41 Å². The van der Waals surface area contributed by atoms with E-state index in [1.54, 1.807) is 0 Å². The quantitative estimate of drug-likeness (QED) is 0.744. The third-order valence-electron chi connectivity index (χ3n) is 3.53. The molecule has 0 saturated carbocycles. The molecule has 2 N–H and O–H groups in total. The number of hydrogen-bond donors (Lipinski definition) is 1. The molecule has 0 aromatic heterocycles. The van der Waals surface area contributed by atoms with Crippen molar-refractivity contribution in [3.8, 4) is 0 Å². The molecule has 1 aliphatic rings. The highest BCUT2D eigenvalue weighted by Crippen LogP contribution is 2.22. The second-order valence-electron chi connectivity index (χ2n) is 6.25. The van der Waals surface area contributed by atoms with Gasteiger partial charge in [0.05, 0.1) is 12.2 Å². The summed E-state index contributed by atoms with van der Waals surface area (Å²) in [5.41, 5.74) is 6.03. The molecule has 102 valence electrons. The van der Waals surface area contributed by atoms with Crippen molar-refractivity contribution in [3.05, 3.63) is 0 Å². The van der Waals surface area contributed by atoms with Gasteiger partial charge in [0.15, 0.2) is 0 Å². The molecule has 0 radical (unpaired) electrons. The van der Waals surface area contributed by atoms with E-state index in [0.29, 0.717) is 12.2 Å². The molecule has 17 heavy (non-hydrogen) atoms. The first-order chi connectivity index (χ1) is 7.96. The molecule has 1 rings (SSSR count). The monoisotopic (exact) mass is 242 g/mol. The average Bonchev–Trinajstić information content (AvgIpc) is 2.64. The van der Waals surface area contributed by atoms with Crippen molar-refractivity contribution in [2.75, 3.05) is 26.2 Å². The third kappa shape index (κ3) is 5.36. The Bertz CT molecular complexity index is 218. The largest absolute Gasteiger partial charge is 0.374 e. The normalized spacial score (nSPS) is 25.8. The van der Waals surface area contributed by atoms with Crippen molar-refractivity contribution < 1.29 is 4.74 Å². The highest BCUT2D eigenvalue weighted by Gasteiger charge is 2.26. The molecule has 1 heterocycles. The van der Waals surface area contributed by atoms with E-state index in [1.807, 2.05) is 0 Å². The maximum atomic E-state index is 5.91. The Morgan fingerprint density at radius 2 is 2.06 bits per heavy atom. The fourth-order valence-corrected chi connectivity index (χ4v) is 2.53. The number of rotatable bonds is 7. The lowest BCUT2D eigenvalue weighted by Crippen LogP contribution is -2.42. The first-order valence-electron chi connectivity index (χ1n) is 7.04. The van der Waals surface area contributed by atoms with E-state index in [9.17, 15) is 0 Å². The topological polar surface area (TPSA) is 38.5 Å². The van der Waals surface area contributed by atoms with Gasteiger partial charge in [0.2, 0.25) is 0 Å². The molecular weight excluding hydrogens is 212 g/mol. The van der Waals surface area contributed by atoms with E-state index < -0.39 is 0 Å². The van der Waals surface area contributed by atoms with Crippen LogP contribution in [0.4, 0.5) is 0 Å². The van der Waals surface area contributed by atoms with E-state index in [2.05, 4.69) is 32.6 Å². The molecule has 0 bridgehead atoms. The van der Waals surface area contributed by atoms with E-state index in [0.717, 1.165) is 26.2 Å². The van der Waals surface area contributed by atoms with E-state index >= 15 is 0 Å². The Hall–Kier alpha value is -0.120. The highest BCUT2D eigenvalue weighted by molar-refractivity contribution is 4.79. The van der Waals surface area contributed by atoms with Gasteiger partial charge in [-0.2, -0.15) is 0 Å². The molecule has 3 heteroatoms. The van der Waals surface area contributed by atoms with Crippen LogP contribution in [0.15, 0.2) is 0 Å². The van der Waals surface area contributed by atoms with Crippen molar-refractivity contribution in [3.63, 3.8) is 0 Å². The average molecular weight is 242 g/mol. The Labute approximate surface area is 107 Å². The maximum Gasteiger partial charge on any atom is 0.0706 e. The standard InChI is InChI=1S/C14H30N2O/c1-5-8-16(11-14(3,4)10-15)9-13-7-6-12(2)17-13/h12-13H,5-11,15H2,1-4H3. The lowest BCUT2D eigenvalue weighted by molar-refractivity contribution is 0.0241. The summed E-state index contributed by atoms with van der Waals surface area (Å²) < 4.78 is 5.91. The van der Waals surface area contributed by atoms with Crippen molar-refractivity contribution in [2.45, 2.75) is 59.2 Å². The molecule has 1 fully saturated rings. The zero-order valence-corrected chi connectivity index (χ0v) is 12.0. The van der Waals surface area contributed by atoms with Crippen molar-refractivity contribution in [1.82, 2.24) is 4.90 Å². The Kier molecular flexibility index (Phi) is 5.90. The summed E-state index contributed by atoms with van der Waals surface area (Å²) in [4.78, 5) is 2.52. The van der Waals surface area contributed by atoms with Crippen LogP contribution in [-0.2, 0) is 4.74 Å². The minimum atomic E-state index is 0.208. The van der Waals surface area contributed by atoms with Crippen LogP contribution >= 0.6 is 0 Å². The molecule has 0 amide bonds. The van der Waals surface area contributed by atoms with Gasteiger partial charge < -0.3 is 15.4 Å². The summed E-state index contributed by atoms with van der Waals surface area (Å²) in [6.07, 6.45) is 4.51. The Balaban J connectivity index is 2.42. The molecule has 0 aliphatic carbocycles. The van der Waals surface area contributed by atoms with Gasteiger partial charge in [-0.1, -0.05) is 20.8 Å². The summed E-state index contributed by atoms with van der Waals surface area (Å²) in [5, 5.41) is 0. The van der Waals surface area contributed by atoms with E-state index in [4.69, 9.17) is 10.5 Å². The summed E-state index contributed by atoms with van der Waals surface area (Å²) in [5.74, 6) is 0. The van der Waals surface area contributed by atoms with Gasteiger partial charge in [-0.15, -0.1) is 0 Å². The second kappa shape index (κ2) is 6.72. The van der Waals surface area contributed by atoms with Crippen LogP contribution in [0.2, 0.25) is 0 Å².